The first-order valence-corrected chi connectivity index (χ1v) is 10.2. The molecular weight excluding hydrogens is 404 g/mol. The van der Waals surface area contributed by atoms with E-state index in [2.05, 4.69) is 0 Å². The summed E-state index contributed by atoms with van der Waals surface area (Å²) < 4.78 is 10.8. The van der Waals surface area contributed by atoms with Gasteiger partial charge in [0, 0.05) is 13.1 Å². The maximum Gasteiger partial charge on any atom is 0.294 e. The molecule has 3 rings (SSSR count). The summed E-state index contributed by atoms with van der Waals surface area (Å²) in [6, 6.07) is 3.32. The molecule has 0 spiro atoms. The largest absolute Gasteiger partial charge is 0.493 e. The van der Waals surface area contributed by atoms with E-state index >= 15 is 0 Å². The Morgan fingerprint density at radius 1 is 1.29 bits per heavy atom. The van der Waals surface area contributed by atoms with Crippen LogP contribution in [0.25, 0.3) is 6.08 Å². The van der Waals surface area contributed by atoms with E-state index in [1.807, 2.05) is 6.92 Å². The Kier molecular flexibility index (Phi) is 6.51. The summed E-state index contributed by atoms with van der Waals surface area (Å²) in [6.07, 6.45) is 3.47. The number of methoxy groups -OCH3 is 1. The zero-order valence-corrected chi connectivity index (χ0v) is 17.3. The van der Waals surface area contributed by atoms with Crippen molar-refractivity contribution in [2.24, 2.45) is 0 Å². The van der Waals surface area contributed by atoms with Crippen LogP contribution in [0.2, 0.25) is 5.02 Å². The first-order chi connectivity index (χ1) is 13.4. The first kappa shape index (κ1) is 20.5. The lowest BCUT2D eigenvalue weighted by atomic mass is 10.1. The number of hydrogen-bond acceptors (Lipinski definition) is 6. The molecule has 0 aliphatic carbocycles. The molecule has 28 heavy (non-hydrogen) atoms. The highest BCUT2D eigenvalue weighted by Gasteiger charge is 2.37. The maximum absolute atomic E-state index is 12.6. The van der Waals surface area contributed by atoms with Gasteiger partial charge in [0.25, 0.3) is 11.1 Å². The average molecular weight is 425 g/mol. The van der Waals surface area contributed by atoms with Crippen molar-refractivity contribution in [3.05, 3.63) is 27.6 Å². The van der Waals surface area contributed by atoms with Crippen molar-refractivity contribution >= 4 is 46.5 Å². The van der Waals surface area contributed by atoms with Crippen LogP contribution in [0, 0.1) is 0 Å². The van der Waals surface area contributed by atoms with Gasteiger partial charge in [0.15, 0.2) is 11.5 Å². The predicted molar refractivity (Wildman–Crippen MR) is 108 cm³/mol. The van der Waals surface area contributed by atoms with Crippen molar-refractivity contribution in [2.75, 3.05) is 33.4 Å². The van der Waals surface area contributed by atoms with Gasteiger partial charge in [0.05, 0.1) is 23.6 Å². The van der Waals surface area contributed by atoms with E-state index in [9.17, 15) is 14.4 Å². The smallest absolute Gasteiger partial charge is 0.294 e. The molecule has 0 N–H and O–H groups in total. The van der Waals surface area contributed by atoms with E-state index in [1.54, 1.807) is 23.1 Å². The molecule has 7 nitrogen and oxygen atoms in total. The van der Waals surface area contributed by atoms with Crippen LogP contribution in [0.5, 0.6) is 11.5 Å². The zero-order valence-electron chi connectivity index (χ0n) is 15.7. The highest BCUT2D eigenvalue weighted by Crippen LogP contribution is 2.39. The second-order valence-corrected chi connectivity index (χ2v) is 7.72. The van der Waals surface area contributed by atoms with Crippen LogP contribution in [0.1, 0.15) is 25.3 Å². The Morgan fingerprint density at radius 2 is 2.00 bits per heavy atom. The Hall–Kier alpha value is -2.19. The molecule has 0 aromatic heterocycles. The number of thioether (sulfide) groups is 1. The normalized spacial score (nSPS) is 18.3. The zero-order chi connectivity index (χ0) is 20.3. The molecule has 0 saturated carbocycles. The van der Waals surface area contributed by atoms with Crippen molar-refractivity contribution in [3.8, 4) is 11.5 Å². The van der Waals surface area contributed by atoms with Gasteiger partial charge < -0.3 is 14.4 Å². The molecule has 0 atom stereocenters. The van der Waals surface area contributed by atoms with Crippen LogP contribution in [0.3, 0.4) is 0 Å². The standard InChI is InChI=1S/C19H21ClN2O5S/c1-3-27-17-13(20)8-12(9-14(17)26-2)10-15-18(24)22(19(25)28-15)11-16(23)21-6-4-5-7-21/h8-10H,3-7,11H2,1-2H3. The molecule has 2 heterocycles. The number of hydrogen-bond donors (Lipinski definition) is 0. The van der Waals surface area contributed by atoms with E-state index in [1.165, 1.54) is 7.11 Å². The Balaban J connectivity index is 1.79. The molecule has 2 saturated heterocycles. The van der Waals surface area contributed by atoms with Gasteiger partial charge in [-0.05, 0) is 55.3 Å². The molecule has 0 radical (unpaired) electrons. The van der Waals surface area contributed by atoms with Crippen LogP contribution in [0.15, 0.2) is 17.0 Å². The van der Waals surface area contributed by atoms with Gasteiger partial charge >= 0.3 is 0 Å². The summed E-state index contributed by atoms with van der Waals surface area (Å²) in [5, 5.41) is -0.108. The first-order valence-electron chi connectivity index (χ1n) is 8.98. The molecule has 2 fully saturated rings. The number of carbonyl (C=O) groups is 3. The molecule has 0 bridgehead atoms. The van der Waals surface area contributed by atoms with Crippen LogP contribution in [-0.2, 0) is 9.59 Å². The minimum absolute atomic E-state index is 0.202. The lowest BCUT2D eigenvalue weighted by Gasteiger charge is -2.18. The van der Waals surface area contributed by atoms with Gasteiger partial charge in [-0.2, -0.15) is 0 Å². The monoisotopic (exact) mass is 424 g/mol. The topological polar surface area (TPSA) is 76.2 Å². The number of nitrogens with zero attached hydrogens (tertiary/aromatic N) is 2. The van der Waals surface area contributed by atoms with Crippen LogP contribution >= 0.6 is 23.4 Å². The van der Waals surface area contributed by atoms with Crippen molar-refractivity contribution in [2.45, 2.75) is 19.8 Å². The van der Waals surface area contributed by atoms with Crippen molar-refractivity contribution in [1.29, 1.82) is 0 Å². The summed E-state index contributed by atoms with van der Waals surface area (Å²) in [5.41, 5.74) is 0.599. The molecule has 0 unspecified atom stereocenters. The second kappa shape index (κ2) is 8.87. The van der Waals surface area contributed by atoms with E-state index in [0.717, 1.165) is 29.5 Å². The van der Waals surface area contributed by atoms with E-state index in [-0.39, 0.29) is 17.4 Å². The third-order valence-corrected chi connectivity index (χ3v) is 5.65. The van der Waals surface area contributed by atoms with Crippen molar-refractivity contribution in [3.63, 3.8) is 0 Å². The molecular formula is C19H21ClN2O5S. The van der Waals surface area contributed by atoms with Gasteiger partial charge in [-0.3, -0.25) is 19.3 Å². The lowest BCUT2D eigenvalue weighted by Crippen LogP contribution is -2.40. The number of imide groups is 1. The van der Waals surface area contributed by atoms with E-state index in [0.29, 0.717) is 41.8 Å². The van der Waals surface area contributed by atoms with Crippen LogP contribution in [0.4, 0.5) is 4.79 Å². The van der Waals surface area contributed by atoms with E-state index in [4.69, 9.17) is 21.1 Å². The summed E-state index contributed by atoms with van der Waals surface area (Å²) in [6.45, 7) is 3.39. The van der Waals surface area contributed by atoms with Crippen LogP contribution in [-0.4, -0.2) is 60.2 Å². The third kappa shape index (κ3) is 4.28. The van der Waals surface area contributed by atoms with Gasteiger partial charge in [0.2, 0.25) is 5.91 Å². The minimum Gasteiger partial charge on any atom is -0.493 e. The quantitative estimate of drug-likeness (QED) is 0.651. The van der Waals surface area contributed by atoms with E-state index < -0.39 is 11.1 Å². The fourth-order valence-electron chi connectivity index (χ4n) is 3.10. The Labute approximate surface area is 172 Å². The van der Waals surface area contributed by atoms with Crippen molar-refractivity contribution in [1.82, 2.24) is 9.80 Å². The molecule has 1 aromatic carbocycles. The SMILES string of the molecule is CCOc1c(Cl)cc(C=C2SC(=O)N(CC(=O)N3CCCC3)C2=O)cc1OC. The number of amides is 3. The molecule has 2 aliphatic heterocycles. The average Bonchev–Trinajstić information content (AvgIpc) is 3.29. The Bertz CT molecular complexity index is 836. The maximum atomic E-state index is 12.6. The molecule has 150 valence electrons. The van der Waals surface area contributed by atoms with Gasteiger partial charge in [-0.1, -0.05) is 11.6 Å². The van der Waals surface area contributed by atoms with Crippen molar-refractivity contribution < 1.29 is 23.9 Å². The number of benzene rings is 1. The number of halogens is 1. The highest BCUT2D eigenvalue weighted by atomic mass is 35.5. The highest BCUT2D eigenvalue weighted by molar-refractivity contribution is 8.18. The fourth-order valence-corrected chi connectivity index (χ4v) is 4.21. The summed E-state index contributed by atoms with van der Waals surface area (Å²) in [5.74, 6) is 0.176. The molecule has 3 amide bonds. The second-order valence-electron chi connectivity index (χ2n) is 6.32. The number of rotatable bonds is 6. The van der Waals surface area contributed by atoms with Gasteiger partial charge in [-0.25, -0.2) is 0 Å². The number of ether oxygens (including phenoxy) is 2. The van der Waals surface area contributed by atoms with Gasteiger partial charge in [-0.15, -0.1) is 0 Å². The molecule has 1 aromatic rings. The fraction of sp³-hybridized carbons (Fsp3) is 0.421. The third-order valence-electron chi connectivity index (χ3n) is 4.46. The summed E-state index contributed by atoms with van der Waals surface area (Å²) >= 11 is 7.07. The number of likely N-dealkylation sites (tertiary alicyclic amines) is 1. The molecule has 9 heteroatoms. The van der Waals surface area contributed by atoms with Gasteiger partial charge in [0.1, 0.15) is 6.54 Å². The Morgan fingerprint density at radius 3 is 2.64 bits per heavy atom. The lowest BCUT2D eigenvalue weighted by molar-refractivity contribution is -0.135. The van der Waals surface area contributed by atoms with Crippen LogP contribution < -0.4 is 9.47 Å². The summed E-state index contributed by atoms with van der Waals surface area (Å²) in [7, 11) is 1.50. The predicted octanol–water partition coefficient (Wildman–Crippen LogP) is 3.41. The number of carbonyl (C=O) groups excluding carboxylic acids is 3. The minimum atomic E-state index is -0.480. The summed E-state index contributed by atoms with van der Waals surface area (Å²) in [4.78, 5) is 40.1. The molecule has 2 aliphatic rings.